The van der Waals surface area contributed by atoms with E-state index in [1.54, 1.807) is 29.2 Å². The topological polar surface area (TPSA) is 99.2 Å². The molecule has 8 heteroatoms. The molecule has 4 atom stereocenters. The Morgan fingerprint density at radius 1 is 1.32 bits per heavy atom. The van der Waals surface area contributed by atoms with E-state index in [0.717, 1.165) is 12.8 Å². The van der Waals surface area contributed by atoms with Crippen LogP contribution in [0.4, 0.5) is 10.5 Å². The van der Waals surface area contributed by atoms with Gasteiger partial charge in [-0.2, -0.15) is 0 Å². The van der Waals surface area contributed by atoms with Crippen LogP contribution in [-0.2, 0) is 9.53 Å². The molecule has 1 aromatic carbocycles. The fraction of sp³-hybridized carbons (Fsp3) is 0.550. The highest BCUT2D eigenvalue weighted by Gasteiger charge is 2.63. The molecular weight excluding hydrogens is 362 g/mol. The number of rotatable bonds is 3. The number of para-hydroxylation sites is 1. The lowest BCUT2D eigenvalue weighted by Crippen LogP contribution is -2.50. The number of aliphatic hydroxyl groups is 1. The number of imide groups is 1. The molecular formula is C20H23N3O5. The second-order valence-electron chi connectivity index (χ2n) is 8.17. The SMILES string of the molecule is O=C1CCN(c2ccccc2C(=O)N2C[C@H]3[C@@H](CO)[C@@H]4CC[C@@]3(C2)O4)C(=O)N1. The maximum atomic E-state index is 13.4. The molecule has 0 aromatic heterocycles. The van der Waals surface area contributed by atoms with Crippen LogP contribution in [0.1, 0.15) is 29.6 Å². The number of carbonyl (C=O) groups excluding carboxylic acids is 3. The van der Waals surface area contributed by atoms with E-state index in [9.17, 15) is 19.5 Å². The number of likely N-dealkylation sites (tertiary alicyclic amines) is 1. The van der Waals surface area contributed by atoms with Crippen LogP contribution in [0.25, 0.3) is 0 Å². The van der Waals surface area contributed by atoms with Crippen molar-refractivity contribution in [2.75, 3.05) is 31.1 Å². The molecule has 1 spiro atoms. The first-order chi connectivity index (χ1) is 13.5. The van der Waals surface area contributed by atoms with Crippen LogP contribution in [0.5, 0.6) is 0 Å². The zero-order valence-corrected chi connectivity index (χ0v) is 15.5. The minimum atomic E-state index is -0.504. The van der Waals surface area contributed by atoms with Crippen LogP contribution in [-0.4, -0.2) is 65.8 Å². The molecule has 148 valence electrons. The number of anilines is 1. The first-order valence-corrected chi connectivity index (χ1v) is 9.81. The van der Waals surface area contributed by atoms with E-state index in [1.807, 2.05) is 0 Å². The average Bonchev–Trinajstić information content (AvgIpc) is 3.35. The van der Waals surface area contributed by atoms with Crippen molar-refractivity contribution in [2.24, 2.45) is 11.8 Å². The van der Waals surface area contributed by atoms with Crippen LogP contribution in [0.3, 0.4) is 0 Å². The monoisotopic (exact) mass is 385 g/mol. The van der Waals surface area contributed by atoms with Gasteiger partial charge in [-0.05, 0) is 25.0 Å². The summed E-state index contributed by atoms with van der Waals surface area (Å²) in [7, 11) is 0. The minimum Gasteiger partial charge on any atom is -0.396 e. The van der Waals surface area contributed by atoms with Crippen molar-refractivity contribution in [3.05, 3.63) is 29.8 Å². The van der Waals surface area contributed by atoms with Gasteiger partial charge in [0.05, 0.1) is 29.5 Å². The largest absolute Gasteiger partial charge is 0.396 e. The third-order valence-corrected chi connectivity index (χ3v) is 6.76. The molecule has 4 fully saturated rings. The molecule has 8 nitrogen and oxygen atoms in total. The molecule has 5 rings (SSSR count). The number of aliphatic hydroxyl groups excluding tert-OH is 1. The Kier molecular flexibility index (Phi) is 3.96. The lowest BCUT2D eigenvalue weighted by molar-refractivity contribution is -0.120. The highest BCUT2D eigenvalue weighted by molar-refractivity contribution is 6.09. The standard InChI is InChI=1S/C20H23N3O5/c24-10-13-14-9-22(11-20(14)7-5-16(13)28-20)18(26)12-3-1-2-4-15(12)23-8-6-17(25)21-19(23)27/h1-4,13-14,16,24H,5-11H2,(H,21,25,27)/t13-,14+,16+,20+/m1/s1. The van der Waals surface area contributed by atoms with E-state index in [2.05, 4.69) is 5.32 Å². The fourth-order valence-electron chi connectivity index (χ4n) is 5.44. The summed E-state index contributed by atoms with van der Waals surface area (Å²) in [6, 6.07) is 6.50. The zero-order valence-electron chi connectivity index (χ0n) is 15.5. The Bertz CT molecular complexity index is 858. The van der Waals surface area contributed by atoms with E-state index in [1.165, 1.54) is 4.90 Å². The second-order valence-corrected chi connectivity index (χ2v) is 8.17. The molecule has 0 unspecified atom stereocenters. The van der Waals surface area contributed by atoms with Gasteiger partial charge in [0.15, 0.2) is 0 Å². The number of hydrogen-bond donors (Lipinski definition) is 2. The molecule has 4 amide bonds. The zero-order chi connectivity index (χ0) is 19.5. The highest BCUT2D eigenvalue weighted by Crippen LogP contribution is 2.54. The van der Waals surface area contributed by atoms with E-state index in [4.69, 9.17) is 4.74 Å². The Balaban J connectivity index is 1.41. The third-order valence-electron chi connectivity index (χ3n) is 6.76. The van der Waals surface area contributed by atoms with Gasteiger partial charge in [0.1, 0.15) is 0 Å². The number of carbonyl (C=O) groups is 3. The summed E-state index contributed by atoms with van der Waals surface area (Å²) in [4.78, 5) is 40.3. The summed E-state index contributed by atoms with van der Waals surface area (Å²) in [6.45, 7) is 1.40. The normalized spacial score (nSPS) is 34.0. The number of nitrogens with one attached hydrogen (secondary N) is 1. The number of hydrogen-bond acceptors (Lipinski definition) is 5. The van der Waals surface area contributed by atoms with Gasteiger partial charge in [-0.1, -0.05) is 12.1 Å². The van der Waals surface area contributed by atoms with Gasteiger partial charge < -0.3 is 14.7 Å². The van der Waals surface area contributed by atoms with Crippen molar-refractivity contribution in [1.82, 2.24) is 10.2 Å². The van der Waals surface area contributed by atoms with E-state index in [0.29, 0.717) is 24.3 Å². The molecule has 4 heterocycles. The molecule has 0 aliphatic carbocycles. The van der Waals surface area contributed by atoms with Crippen molar-refractivity contribution in [3.63, 3.8) is 0 Å². The number of fused-ring (bicyclic) bond motifs is 1. The van der Waals surface area contributed by atoms with Crippen LogP contribution in [0, 0.1) is 11.8 Å². The summed E-state index contributed by atoms with van der Waals surface area (Å²) in [6.07, 6.45) is 2.16. The summed E-state index contributed by atoms with van der Waals surface area (Å²) in [5.41, 5.74) is 0.617. The number of nitrogens with zero attached hydrogens (tertiary/aromatic N) is 2. The van der Waals surface area contributed by atoms with Gasteiger partial charge >= 0.3 is 6.03 Å². The van der Waals surface area contributed by atoms with Crippen molar-refractivity contribution in [2.45, 2.75) is 31.0 Å². The van der Waals surface area contributed by atoms with Crippen LogP contribution in [0.15, 0.2) is 24.3 Å². The number of benzene rings is 1. The molecule has 4 aliphatic heterocycles. The summed E-state index contributed by atoms with van der Waals surface area (Å²) in [5, 5.41) is 12.1. The Morgan fingerprint density at radius 2 is 2.14 bits per heavy atom. The number of urea groups is 1. The van der Waals surface area contributed by atoms with Gasteiger partial charge in [-0.25, -0.2) is 4.79 Å². The second kappa shape index (κ2) is 6.28. The van der Waals surface area contributed by atoms with Crippen LogP contribution < -0.4 is 10.2 Å². The van der Waals surface area contributed by atoms with Crippen molar-refractivity contribution >= 4 is 23.5 Å². The van der Waals surface area contributed by atoms with Crippen molar-refractivity contribution in [1.29, 1.82) is 0 Å². The first kappa shape index (κ1) is 17.6. The van der Waals surface area contributed by atoms with Crippen molar-refractivity contribution < 1.29 is 24.2 Å². The lowest BCUT2D eigenvalue weighted by atomic mass is 9.74. The summed E-state index contributed by atoms with van der Waals surface area (Å²) < 4.78 is 6.21. The predicted octanol–water partition coefficient (Wildman–Crippen LogP) is 0.745. The van der Waals surface area contributed by atoms with Gasteiger partial charge in [0.2, 0.25) is 5.91 Å². The number of amides is 4. The quantitative estimate of drug-likeness (QED) is 0.800. The van der Waals surface area contributed by atoms with Crippen LogP contribution in [0.2, 0.25) is 0 Å². The maximum Gasteiger partial charge on any atom is 0.328 e. The third kappa shape index (κ3) is 2.48. The van der Waals surface area contributed by atoms with E-state index >= 15 is 0 Å². The summed E-state index contributed by atoms with van der Waals surface area (Å²) in [5.74, 6) is -0.212. The maximum absolute atomic E-state index is 13.4. The van der Waals surface area contributed by atoms with Crippen LogP contribution >= 0.6 is 0 Å². The average molecular weight is 385 g/mol. The smallest absolute Gasteiger partial charge is 0.328 e. The lowest BCUT2D eigenvalue weighted by Gasteiger charge is -2.29. The van der Waals surface area contributed by atoms with Gasteiger partial charge in [0, 0.05) is 38.0 Å². The molecule has 2 bridgehead atoms. The molecule has 0 saturated carbocycles. The summed E-state index contributed by atoms with van der Waals surface area (Å²) >= 11 is 0. The predicted molar refractivity (Wildman–Crippen MR) is 98.8 cm³/mol. The molecule has 4 aliphatic rings. The van der Waals surface area contributed by atoms with Crippen molar-refractivity contribution in [3.8, 4) is 0 Å². The molecule has 4 saturated heterocycles. The molecule has 1 aromatic rings. The highest BCUT2D eigenvalue weighted by atomic mass is 16.5. The van der Waals surface area contributed by atoms with Gasteiger partial charge in [-0.3, -0.25) is 19.8 Å². The van der Waals surface area contributed by atoms with Gasteiger partial charge in [-0.15, -0.1) is 0 Å². The minimum absolute atomic E-state index is 0.0810. The Labute approximate surface area is 162 Å². The van der Waals surface area contributed by atoms with E-state index in [-0.39, 0.29) is 54.9 Å². The first-order valence-electron chi connectivity index (χ1n) is 9.81. The Morgan fingerprint density at radius 3 is 2.93 bits per heavy atom. The van der Waals surface area contributed by atoms with E-state index < -0.39 is 6.03 Å². The molecule has 2 N–H and O–H groups in total. The Hall–Kier alpha value is -2.45. The number of ether oxygens (including phenoxy) is 1. The fourth-order valence-corrected chi connectivity index (χ4v) is 5.44. The molecule has 0 radical (unpaired) electrons. The molecule has 28 heavy (non-hydrogen) atoms. The van der Waals surface area contributed by atoms with Gasteiger partial charge in [0.25, 0.3) is 5.91 Å².